The quantitative estimate of drug-likeness (QED) is 0.550. The molecule has 1 saturated carbocycles. The monoisotopic (exact) mass is 166 g/mol. The second-order valence-corrected chi connectivity index (χ2v) is 4.38. The zero-order valence-corrected chi connectivity index (χ0v) is 8.77. The Bertz CT molecular complexity index is 153. The Kier molecular flexibility index (Phi) is 3.37. The molecule has 0 heterocycles. The Morgan fingerprint density at radius 1 is 1.42 bits per heavy atom. The number of hydrogen-bond acceptors (Lipinski definition) is 0. The predicted molar refractivity (Wildman–Crippen MR) is 55.2 cm³/mol. The standard InChI is InChI=1S/C12H22/c1-4-9-12(3,10-5-2)11-7-6-8-11/h4,9,11H,5-8,10H2,1-3H3. The molecular weight excluding hydrogens is 144 g/mol. The number of allylic oxidation sites excluding steroid dienone is 2. The maximum absolute atomic E-state index is 2.43. The van der Waals surface area contributed by atoms with Gasteiger partial charge in [-0.1, -0.05) is 38.8 Å². The summed E-state index contributed by atoms with van der Waals surface area (Å²) in [6, 6.07) is 0. The molecule has 0 aliphatic heterocycles. The second kappa shape index (κ2) is 4.11. The summed E-state index contributed by atoms with van der Waals surface area (Å²) in [4.78, 5) is 0. The molecule has 0 N–H and O–H groups in total. The average Bonchev–Trinajstić information content (AvgIpc) is 1.82. The highest BCUT2D eigenvalue weighted by atomic mass is 14.4. The van der Waals surface area contributed by atoms with Crippen LogP contribution in [0.15, 0.2) is 12.2 Å². The van der Waals surface area contributed by atoms with Gasteiger partial charge in [-0.15, -0.1) is 0 Å². The smallest absolute Gasteiger partial charge is 0.0118 e. The second-order valence-electron chi connectivity index (χ2n) is 4.38. The van der Waals surface area contributed by atoms with E-state index in [1.54, 1.807) is 0 Å². The predicted octanol–water partition coefficient (Wildman–Crippen LogP) is 4.17. The lowest BCUT2D eigenvalue weighted by molar-refractivity contribution is 0.139. The van der Waals surface area contributed by atoms with Gasteiger partial charge in [-0.05, 0) is 37.5 Å². The third kappa shape index (κ3) is 1.91. The van der Waals surface area contributed by atoms with Crippen LogP contribution in [0.3, 0.4) is 0 Å². The van der Waals surface area contributed by atoms with Crippen LogP contribution in [0.2, 0.25) is 0 Å². The molecule has 1 fully saturated rings. The van der Waals surface area contributed by atoms with Gasteiger partial charge in [-0.25, -0.2) is 0 Å². The SMILES string of the molecule is CC=CC(C)(CCC)C1CCC1. The molecule has 0 heteroatoms. The molecule has 0 bridgehead atoms. The van der Waals surface area contributed by atoms with Crippen molar-refractivity contribution in [2.75, 3.05) is 0 Å². The van der Waals surface area contributed by atoms with E-state index in [0.29, 0.717) is 5.41 Å². The van der Waals surface area contributed by atoms with E-state index in [0.717, 1.165) is 5.92 Å². The zero-order valence-electron chi connectivity index (χ0n) is 8.77. The van der Waals surface area contributed by atoms with Crippen LogP contribution in [-0.4, -0.2) is 0 Å². The lowest BCUT2D eigenvalue weighted by Gasteiger charge is -2.41. The van der Waals surface area contributed by atoms with Crippen LogP contribution in [0.1, 0.15) is 52.9 Å². The van der Waals surface area contributed by atoms with Gasteiger partial charge in [-0.2, -0.15) is 0 Å². The van der Waals surface area contributed by atoms with E-state index in [1.165, 1.54) is 32.1 Å². The van der Waals surface area contributed by atoms with Crippen LogP contribution >= 0.6 is 0 Å². The molecule has 1 aliphatic rings. The van der Waals surface area contributed by atoms with Crippen molar-refractivity contribution in [3.05, 3.63) is 12.2 Å². The van der Waals surface area contributed by atoms with Gasteiger partial charge in [0.1, 0.15) is 0 Å². The van der Waals surface area contributed by atoms with Crippen molar-refractivity contribution < 1.29 is 0 Å². The largest absolute Gasteiger partial charge is 0.0911 e. The van der Waals surface area contributed by atoms with Gasteiger partial charge in [0.2, 0.25) is 0 Å². The molecule has 1 rings (SSSR count). The minimum absolute atomic E-state index is 0.516. The summed E-state index contributed by atoms with van der Waals surface area (Å²) in [5.41, 5.74) is 0.516. The molecular formula is C12H22. The molecule has 0 aromatic carbocycles. The molecule has 1 aliphatic carbocycles. The molecule has 12 heavy (non-hydrogen) atoms. The van der Waals surface area contributed by atoms with Crippen LogP contribution in [0.5, 0.6) is 0 Å². The lowest BCUT2D eigenvalue weighted by Crippen LogP contribution is -2.30. The van der Waals surface area contributed by atoms with Gasteiger partial charge in [0.15, 0.2) is 0 Å². The first kappa shape index (κ1) is 9.83. The highest BCUT2D eigenvalue weighted by Crippen LogP contribution is 2.45. The summed E-state index contributed by atoms with van der Waals surface area (Å²) < 4.78 is 0. The van der Waals surface area contributed by atoms with Gasteiger partial charge in [0.25, 0.3) is 0 Å². The topological polar surface area (TPSA) is 0 Å². The summed E-state index contributed by atoms with van der Waals surface area (Å²) in [6.45, 7) is 6.87. The van der Waals surface area contributed by atoms with Crippen LogP contribution in [0, 0.1) is 11.3 Å². The third-order valence-corrected chi connectivity index (χ3v) is 3.37. The van der Waals surface area contributed by atoms with Crippen LogP contribution < -0.4 is 0 Å². The number of rotatable bonds is 4. The van der Waals surface area contributed by atoms with Gasteiger partial charge in [0.05, 0.1) is 0 Å². The fourth-order valence-corrected chi connectivity index (χ4v) is 2.41. The minimum atomic E-state index is 0.516. The van der Waals surface area contributed by atoms with Crippen molar-refractivity contribution in [1.82, 2.24) is 0 Å². The van der Waals surface area contributed by atoms with E-state index < -0.39 is 0 Å². The molecule has 0 aromatic heterocycles. The normalized spacial score (nSPS) is 23.9. The van der Waals surface area contributed by atoms with Crippen molar-refractivity contribution in [1.29, 1.82) is 0 Å². The highest BCUT2D eigenvalue weighted by molar-refractivity contribution is 5.01. The van der Waals surface area contributed by atoms with Crippen molar-refractivity contribution in [3.63, 3.8) is 0 Å². The minimum Gasteiger partial charge on any atom is -0.0911 e. The fourth-order valence-electron chi connectivity index (χ4n) is 2.41. The summed E-state index contributed by atoms with van der Waals surface area (Å²) in [6.07, 6.45) is 11.7. The molecule has 0 amide bonds. The van der Waals surface area contributed by atoms with Crippen molar-refractivity contribution in [2.24, 2.45) is 11.3 Å². The van der Waals surface area contributed by atoms with E-state index in [-0.39, 0.29) is 0 Å². The maximum Gasteiger partial charge on any atom is -0.0118 e. The van der Waals surface area contributed by atoms with Crippen LogP contribution in [0.25, 0.3) is 0 Å². The molecule has 1 atom stereocenters. The Balaban J connectivity index is 2.56. The first-order valence-electron chi connectivity index (χ1n) is 5.37. The van der Waals surface area contributed by atoms with E-state index in [4.69, 9.17) is 0 Å². The van der Waals surface area contributed by atoms with Gasteiger partial charge >= 0.3 is 0 Å². The van der Waals surface area contributed by atoms with Crippen molar-refractivity contribution in [2.45, 2.75) is 52.9 Å². The molecule has 0 aromatic rings. The average molecular weight is 166 g/mol. The van der Waals surface area contributed by atoms with E-state index >= 15 is 0 Å². The number of hydrogen-bond donors (Lipinski definition) is 0. The van der Waals surface area contributed by atoms with Gasteiger partial charge < -0.3 is 0 Å². The zero-order chi connectivity index (χ0) is 9.03. The Labute approximate surface area is 77.1 Å². The first-order valence-corrected chi connectivity index (χ1v) is 5.37. The highest BCUT2D eigenvalue weighted by Gasteiger charge is 2.34. The Morgan fingerprint density at radius 2 is 2.08 bits per heavy atom. The summed E-state index contributed by atoms with van der Waals surface area (Å²) in [5.74, 6) is 0.980. The molecule has 0 radical (unpaired) electrons. The van der Waals surface area contributed by atoms with Gasteiger partial charge in [0, 0.05) is 0 Å². The lowest BCUT2D eigenvalue weighted by atomic mass is 9.64. The first-order chi connectivity index (χ1) is 5.73. The molecule has 70 valence electrons. The van der Waals surface area contributed by atoms with E-state index in [1.807, 2.05) is 0 Å². The van der Waals surface area contributed by atoms with E-state index in [9.17, 15) is 0 Å². The maximum atomic E-state index is 2.43. The Hall–Kier alpha value is -0.260. The molecule has 0 saturated heterocycles. The van der Waals surface area contributed by atoms with Gasteiger partial charge in [-0.3, -0.25) is 0 Å². The van der Waals surface area contributed by atoms with Crippen molar-refractivity contribution >= 4 is 0 Å². The summed E-state index contributed by atoms with van der Waals surface area (Å²) in [5, 5.41) is 0. The molecule has 0 spiro atoms. The Morgan fingerprint density at radius 3 is 2.42 bits per heavy atom. The fraction of sp³-hybridized carbons (Fsp3) is 0.833. The molecule has 0 nitrogen and oxygen atoms in total. The van der Waals surface area contributed by atoms with E-state index in [2.05, 4.69) is 32.9 Å². The summed E-state index contributed by atoms with van der Waals surface area (Å²) in [7, 11) is 0. The summed E-state index contributed by atoms with van der Waals surface area (Å²) >= 11 is 0. The van der Waals surface area contributed by atoms with Crippen LogP contribution in [-0.2, 0) is 0 Å². The van der Waals surface area contributed by atoms with Crippen LogP contribution in [0.4, 0.5) is 0 Å². The van der Waals surface area contributed by atoms with Crippen molar-refractivity contribution in [3.8, 4) is 0 Å². The third-order valence-electron chi connectivity index (χ3n) is 3.37. The molecule has 1 unspecified atom stereocenters.